The molecule has 1 saturated heterocycles. The maximum atomic E-state index is 12.2. The number of hydrogen-bond donors (Lipinski definition) is 0. The number of thioether (sulfide) groups is 1. The summed E-state index contributed by atoms with van der Waals surface area (Å²) in [5.74, 6) is 2.81. The van der Waals surface area contributed by atoms with Crippen molar-refractivity contribution in [1.29, 1.82) is 0 Å². The van der Waals surface area contributed by atoms with Crippen LogP contribution in [0.15, 0.2) is 39.7 Å². The fourth-order valence-electron chi connectivity index (χ4n) is 2.43. The van der Waals surface area contributed by atoms with Gasteiger partial charge in [0, 0.05) is 12.1 Å². The number of furan rings is 1. The van der Waals surface area contributed by atoms with Crippen LogP contribution in [0.1, 0.15) is 5.76 Å². The molecular weight excluding hydrogens is 372 g/mol. The lowest BCUT2D eigenvalue weighted by atomic mass is 10.1. The summed E-state index contributed by atoms with van der Waals surface area (Å²) < 4.78 is 10.9. The molecule has 136 valence electrons. The molecule has 1 aliphatic heterocycles. The van der Waals surface area contributed by atoms with Gasteiger partial charge in [-0.1, -0.05) is 5.92 Å². The number of nitro groups is 1. The zero-order valence-electron chi connectivity index (χ0n) is 14.0. The standard InChI is InChI=1S/C18H12N2O6S/c1-3-8-19-17(21)16(27-18(19)22)10-12-5-7-14(26-12)13-6-4-11(20(23)24)9-15(13)25-2/h1,4-7,9-10H,8H2,2H3/b16-10+. The van der Waals surface area contributed by atoms with Gasteiger partial charge in [-0.05, 0) is 30.0 Å². The number of non-ortho nitro benzene ring substituents is 1. The highest BCUT2D eigenvalue weighted by Gasteiger charge is 2.34. The van der Waals surface area contributed by atoms with Crippen LogP contribution in [-0.2, 0) is 4.79 Å². The number of imide groups is 1. The van der Waals surface area contributed by atoms with Crippen LogP contribution in [-0.4, -0.2) is 34.6 Å². The van der Waals surface area contributed by atoms with Gasteiger partial charge in [0.15, 0.2) is 0 Å². The SMILES string of the molecule is C#CCN1C(=O)S/C(=C/c2ccc(-c3ccc([N+](=O)[O-])cc3OC)o2)C1=O. The molecule has 2 aromatic rings. The summed E-state index contributed by atoms with van der Waals surface area (Å²) in [6.45, 7) is -0.0919. The van der Waals surface area contributed by atoms with E-state index in [-0.39, 0.29) is 22.9 Å². The Bertz CT molecular complexity index is 1020. The summed E-state index contributed by atoms with van der Waals surface area (Å²) in [4.78, 5) is 35.5. The molecule has 0 aliphatic carbocycles. The minimum atomic E-state index is -0.522. The van der Waals surface area contributed by atoms with Gasteiger partial charge in [-0.3, -0.25) is 24.6 Å². The van der Waals surface area contributed by atoms with Crippen LogP contribution < -0.4 is 4.74 Å². The normalized spacial score (nSPS) is 15.3. The third-order valence-electron chi connectivity index (χ3n) is 3.68. The average molecular weight is 384 g/mol. The average Bonchev–Trinajstić information content (AvgIpc) is 3.21. The Kier molecular flexibility index (Phi) is 5.00. The lowest BCUT2D eigenvalue weighted by molar-refractivity contribution is -0.384. The third kappa shape index (κ3) is 3.56. The first-order valence-corrected chi connectivity index (χ1v) is 8.37. The van der Waals surface area contributed by atoms with Gasteiger partial charge in [-0.2, -0.15) is 0 Å². The Morgan fingerprint density at radius 2 is 2.15 bits per heavy atom. The smallest absolute Gasteiger partial charge is 0.294 e. The van der Waals surface area contributed by atoms with Gasteiger partial charge in [-0.25, -0.2) is 0 Å². The molecule has 0 unspecified atom stereocenters. The number of carbonyl (C=O) groups is 2. The lowest BCUT2D eigenvalue weighted by Gasteiger charge is -2.06. The second kappa shape index (κ2) is 7.39. The molecule has 0 N–H and O–H groups in total. The molecule has 0 radical (unpaired) electrons. The van der Waals surface area contributed by atoms with Gasteiger partial charge >= 0.3 is 0 Å². The topological polar surface area (TPSA) is 103 Å². The molecule has 1 aromatic carbocycles. The van der Waals surface area contributed by atoms with Gasteiger partial charge in [0.2, 0.25) is 0 Å². The fraction of sp³-hybridized carbons (Fsp3) is 0.111. The predicted molar refractivity (Wildman–Crippen MR) is 98.9 cm³/mol. The summed E-state index contributed by atoms with van der Waals surface area (Å²) in [5.41, 5.74) is 0.410. The molecule has 0 saturated carbocycles. The van der Waals surface area contributed by atoms with E-state index in [1.54, 1.807) is 12.1 Å². The Labute approximate surface area is 157 Å². The summed E-state index contributed by atoms with van der Waals surface area (Å²) in [7, 11) is 1.40. The number of terminal acetylenes is 1. The molecular formula is C18H12N2O6S. The minimum Gasteiger partial charge on any atom is -0.496 e. The van der Waals surface area contributed by atoms with Gasteiger partial charge in [0.1, 0.15) is 17.3 Å². The van der Waals surface area contributed by atoms with Crippen LogP contribution in [0.2, 0.25) is 0 Å². The van der Waals surface area contributed by atoms with Crippen molar-refractivity contribution in [2.75, 3.05) is 13.7 Å². The van der Waals surface area contributed by atoms with Crippen molar-refractivity contribution in [2.45, 2.75) is 0 Å². The Balaban J connectivity index is 1.90. The van der Waals surface area contributed by atoms with E-state index in [0.29, 0.717) is 17.1 Å². The Hall–Kier alpha value is -3.51. The highest BCUT2D eigenvalue weighted by molar-refractivity contribution is 8.18. The largest absolute Gasteiger partial charge is 0.496 e. The maximum Gasteiger partial charge on any atom is 0.294 e. The molecule has 2 heterocycles. The zero-order valence-corrected chi connectivity index (χ0v) is 14.8. The number of hydrogen-bond acceptors (Lipinski definition) is 7. The monoisotopic (exact) mass is 384 g/mol. The molecule has 0 spiro atoms. The Morgan fingerprint density at radius 3 is 2.81 bits per heavy atom. The zero-order chi connectivity index (χ0) is 19.6. The van der Waals surface area contributed by atoms with Crippen molar-refractivity contribution in [3.05, 3.63) is 51.1 Å². The van der Waals surface area contributed by atoms with E-state index in [1.807, 2.05) is 0 Å². The van der Waals surface area contributed by atoms with E-state index in [9.17, 15) is 19.7 Å². The second-order valence-electron chi connectivity index (χ2n) is 5.32. The molecule has 9 heteroatoms. The van der Waals surface area contributed by atoms with Gasteiger partial charge in [0.25, 0.3) is 16.8 Å². The minimum absolute atomic E-state index is 0.0919. The van der Waals surface area contributed by atoms with Crippen molar-refractivity contribution in [3.8, 4) is 29.4 Å². The highest BCUT2D eigenvalue weighted by atomic mass is 32.2. The van der Waals surface area contributed by atoms with Crippen LogP contribution in [0, 0.1) is 22.5 Å². The van der Waals surface area contributed by atoms with Gasteiger partial charge < -0.3 is 9.15 Å². The van der Waals surface area contributed by atoms with Gasteiger partial charge in [0.05, 0.1) is 35.1 Å². The third-order valence-corrected chi connectivity index (χ3v) is 4.59. The van der Waals surface area contributed by atoms with E-state index < -0.39 is 16.1 Å². The van der Waals surface area contributed by atoms with Crippen LogP contribution in [0.3, 0.4) is 0 Å². The number of nitro benzene ring substituents is 1. The van der Waals surface area contributed by atoms with Crippen LogP contribution >= 0.6 is 11.8 Å². The first kappa shape index (κ1) is 18.3. The first-order valence-electron chi connectivity index (χ1n) is 7.56. The van der Waals surface area contributed by atoms with Crippen molar-refractivity contribution in [2.24, 2.45) is 0 Å². The number of carbonyl (C=O) groups excluding carboxylic acids is 2. The molecule has 8 nitrogen and oxygen atoms in total. The lowest BCUT2D eigenvalue weighted by Crippen LogP contribution is -2.28. The number of amides is 2. The van der Waals surface area contributed by atoms with Crippen molar-refractivity contribution in [1.82, 2.24) is 4.90 Å². The van der Waals surface area contributed by atoms with Crippen LogP contribution in [0.5, 0.6) is 5.75 Å². The number of nitrogens with zero attached hydrogens (tertiary/aromatic N) is 2. The summed E-state index contributed by atoms with van der Waals surface area (Å²) in [6, 6.07) is 7.40. The van der Waals surface area contributed by atoms with Crippen LogP contribution in [0.4, 0.5) is 10.5 Å². The Morgan fingerprint density at radius 1 is 1.37 bits per heavy atom. The molecule has 1 aliphatic rings. The van der Waals surface area contributed by atoms with Crippen molar-refractivity contribution < 1.29 is 23.7 Å². The first-order chi connectivity index (χ1) is 12.9. The number of benzene rings is 1. The molecule has 0 bridgehead atoms. The summed E-state index contributed by atoms with van der Waals surface area (Å²) in [5, 5.41) is 10.4. The van der Waals surface area contributed by atoms with Gasteiger partial charge in [-0.15, -0.1) is 6.42 Å². The van der Waals surface area contributed by atoms with E-state index in [0.717, 1.165) is 16.7 Å². The highest BCUT2D eigenvalue weighted by Crippen LogP contribution is 2.36. The molecule has 0 atom stereocenters. The fourth-order valence-corrected chi connectivity index (χ4v) is 3.25. The molecule has 1 aromatic heterocycles. The van der Waals surface area contributed by atoms with Crippen molar-refractivity contribution >= 4 is 34.7 Å². The number of rotatable bonds is 5. The molecule has 3 rings (SSSR count). The maximum absolute atomic E-state index is 12.2. The number of methoxy groups -OCH3 is 1. The molecule has 2 amide bonds. The van der Waals surface area contributed by atoms with E-state index in [2.05, 4.69) is 5.92 Å². The molecule has 27 heavy (non-hydrogen) atoms. The quantitative estimate of drug-likeness (QED) is 0.336. The van der Waals surface area contributed by atoms with E-state index in [1.165, 1.54) is 31.4 Å². The predicted octanol–water partition coefficient (Wildman–Crippen LogP) is 3.53. The van der Waals surface area contributed by atoms with E-state index in [4.69, 9.17) is 15.6 Å². The second-order valence-corrected chi connectivity index (χ2v) is 6.31. The molecule has 1 fully saturated rings. The number of ether oxygens (including phenoxy) is 1. The van der Waals surface area contributed by atoms with Crippen molar-refractivity contribution in [3.63, 3.8) is 0 Å². The van der Waals surface area contributed by atoms with Crippen LogP contribution in [0.25, 0.3) is 17.4 Å². The summed E-state index contributed by atoms with van der Waals surface area (Å²) >= 11 is 0.778. The summed E-state index contributed by atoms with van der Waals surface area (Å²) in [6.07, 6.45) is 6.61. The van der Waals surface area contributed by atoms with E-state index >= 15 is 0 Å².